The summed E-state index contributed by atoms with van der Waals surface area (Å²) in [4.78, 5) is 27.9. The number of para-hydroxylation sites is 3. The van der Waals surface area contributed by atoms with E-state index < -0.39 is 0 Å². The molecule has 26 heavy (non-hydrogen) atoms. The molecule has 3 rings (SSSR count). The highest BCUT2D eigenvalue weighted by Gasteiger charge is 2.25. The Balaban J connectivity index is 1.45. The average Bonchev–Trinajstić information content (AvgIpc) is 2.68. The summed E-state index contributed by atoms with van der Waals surface area (Å²) in [7, 11) is 1.99. The molecule has 0 fully saturated rings. The van der Waals surface area contributed by atoms with Crippen molar-refractivity contribution in [2.45, 2.75) is 6.42 Å². The van der Waals surface area contributed by atoms with Crippen molar-refractivity contribution in [3.8, 4) is 5.75 Å². The van der Waals surface area contributed by atoms with Crippen LogP contribution in [0.2, 0.25) is 0 Å². The summed E-state index contributed by atoms with van der Waals surface area (Å²) in [5.41, 5.74) is 1.83. The van der Waals surface area contributed by atoms with Gasteiger partial charge in [0.2, 0.25) is 5.91 Å². The maximum absolute atomic E-state index is 12.1. The fourth-order valence-electron chi connectivity index (χ4n) is 2.88. The number of rotatable bonds is 7. The molecule has 136 valence electrons. The van der Waals surface area contributed by atoms with Gasteiger partial charge in [-0.05, 0) is 24.3 Å². The number of amides is 2. The number of hydrogen-bond donors (Lipinski definition) is 1. The second-order valence-electron chi connectivity index (χ2n) is 6.16. The topological polar surface area (TPSA) is 61.9 Å². The molecule has 0 saturated heterocycles. The van der Waals surface area contributed by atoms with Crippen LogP contribution in [0.1, 0.15) is 6.42 Å². The number of carbonyl (C=O) groups is 2. The molecule has 0 spiro atoms. The van der Waals surface area contributed by atoms with Gasteiger partial charge in [0.1, 0.15) is 5.75 Å². The number of fused-ring (bicyclic) bond motifs is 1. The first-order chi connectivity index (χ1) is 12.6. The summed E-state index contributed by atoms with van der Waals surface area (Å²) in [6.07, 6.45) is 0.259. The van der Waals surface area contributed by atoms with Gasteiger partial charge in [0.25, 0.3) is 5.91 Å². The minimum Gasteiger partial charge on any atom is -0.482 e. The van der Waals surface area contributed by atoms with Gasteiger partial charge >= 0.3 is 0 Å². The standard InChI is InChI=1S/C20H23N3O3/c1-22(16-7-3-2-4-8-16)14-12-21-19(24)11-13-23-17-9-5-6-10-18(17)26-15-20(23)25/h2-10H,11-15H2,1H3,(H,21,24). The maximum atomic E-state index is 12.1. The molecule has 1 aliphatic heterocycles. The summed E-state index contributed by atoms with van der Waals surface area (Å²) in [6.45, 7) is 1.63. The van der Waals surface area contributed by atoms with Crippen LogP contribution in [0.15, 0.2) is 54.6 Å². The number of anilines is 2. The summed E-state index contributed by atoms with van der Waals surface area (Å²) < 4.78 is 5.41. The van der Waals surface area contributed by atoms with Crippen molar-refractivity contribution in [1.29, 1.82) is 0 Å². The molecule has 2 aromatic carbocycles. The van der Waals surface area contributed by atoms with Crippen LogP contribution >= 0.6 is 0 Å². The summed E-state index contributed by atoms with van der Waals surface area (Å²) in [6, 6.07) is 17.4. The molecule has 0 bridgehead atoms. The predicted molar refractivity (Wildman–Crippen MR) is 102 cm³/mol. The lowest BCUT2D eigenvalue weighted by molar-refractivity contribution is -0.122. The second kappa shape index (κ2) is 8.38. The molecule has 0 aromatic heterocycles. The smallest absolute Gasteiger partial charge is 0.265 e. The van der Waals surface area contributed by atoms with Crippen LogP contribution < -0.4 is 19.9 Å². The first kappa shape index (κ1) is 17.8. The van der Waals surface area contributed by atoms with Gasteiger partial charge in [-0.1, -0.05) is 30.3 Å². The molecule has 0 unspecified atom stereocenters. The van der Waals surface area contributed by atoms with Crippen molar-refractivity contribution in [3.05, 3.63) is 54.6 Å². The van der Waals surface area contributed by atoms with Crippen LogP contribution in [-0.4, -0.2) is 45.1 Å². The van der Waals surface area contributed by atoms with Gasteiger partial charge in [-0.3, -0.25) is 9.59 Å². The normalized spacial score (nSPS) is 13.0. The third kappa shape index (κ3) is 4.33. The molecule has 2 aromatic rings. The predicted octanol–water partition coefficient (Wildman–Crippen LogP) is 2.05. The van der Waals surface area contributed by atoms with Gasteiger partial charge in [-0.15, -0.1) is 0 Å². The molecule has 6 heteroatoms. The number of ether oxygens (including phenoxy) is 1. The maximum Gasteiger partial charge on any atom is 0.265 e. The number of nitrogens with one attached hydrogen (secondary N) is 1. The van der Waals surface area contributed by atoms with E-state index in [-0.39, 0.29) is 24.8 Å². The van der Waals surface area contributed by atoms with Crippen LogP contribution in [0.3, 0.4) is 0 Å². The lowest BCUT2D eigenvalue weighted by Crippen LogP contribution is -2.41. The molecular weight excluding hydrogens is 330 g/mol. The fraction of sp³-hybridized carbons (Fsp3) is 0.300. The van der Waals surface area contributed by atoms with E-state index in [2.05, 4.69) is 10.2 Å². The van der Waals surface area contributed by atoms with Gasteiger partial charge in [0.15, 0.2) is 6.61 Å². The Hall–Kier alpha value is -3.02. The number of carbonyl (C=O) groups excluding carboxylic acids is 2. The lowest BCUT2D eigenvalue weighted by atomic mass is 10.2. The minimum absolute atomic E-state index is 0.0144. The van der Waals surface area contributed by atoms with E-state index in [1.54, 1.807) is 4.90 Å². The highest BCUT2D eigenvalue weighted by atomic mass is 16.5. The first-order valence-electron chi connectivity index (χ1n) is 8.70. The number of benzene rings is 2. The van der Waals surface area contributed by atoms with Gasteiger partial charge in [-0.2, -0.15) is 0 Å². The van der Waals surface area contributed by atoms with E-state index in [1.165, 1.54) is 0 Å². The van der Waals surface area contributed by atoms with Crippen LogP contribution in [0.4, 0.5) is 11.4 Å². The van der Waals surface area contributed by atoms with Crippen molar-refractivity contribution >= 4 is 23.2 Å². The van der Waals surface area contributed by atoms with Crippen LogP contribution in [-0.2, 0) is 9.59 Å². The van der Waals surface area contributed by atoms with Crippen molar-refractivity contribution in [3.63, 3.8) is 0 Å². The van der Waals surface area contributed by atoms with E-state index in [1.807, 2.05) is 61.6 Å². The molecule has 1 aliphatic rings. The molecule has 0 atom stereocenters. The molecule has 0 saturated carbocycles. The highest BCUT2D eigenvalue weighted by Crippen LogP contribution is 2.31. The molecule has 1 N–H and O–H groups in total. The molecule has 0 aliphatic carbocycles. The van der Waals surface area contributed by atoms with Gasteiger partial charge in [-0.25, -0.2) is 0 Å². The Morgan fingerprint density at radius 2 is 1.88 bits per heavy atom. The fourth-order valence-corrected chi connectivity index (χ4v) is 2.88. The monoisotopic (exact) mass is 353 g/mol. The average molecular weight is 353 g/mol. The largest absolute Gasteiger partial charge is 0.482 e. The first-order valence-corrected chi connectivity index (χ1v) is 8.70. The van der Waals surface area contributed by atoms with E-state index in [4.69, 9.17) is 4.74 Å². The molecule has 0 radical (unpaired) electrons. The Morgan fingerprint density at radius 1 is 1.15 bits per heavy atom. The zero-order valence-corrected chi connectivity index (χ0v) is 14.9. The van der Waals surface area contributed by atoms with Crippen molar-refractivity contribution in [2.24, 2.45) is 0 Å². The third-order valence-corrected chi connectivity index (χ3v) is 4.34. The SMILES string of the molecule is CN(CCNC(=O)CCN1C(=O)COc2ccccc21)c1ccccc1. The summed E-state index contributed by atoms with van der Waals surface area (Å²) in [5, 5.41) is 2.91. The Morgan fingerprint density at radius 3 is 2.69 bits per heavy atom. The van der Waals surface area contributed by atoms with Gasteiger partial charge in [0, 0.05) is 38.8 Å². The number of hydrogen-bond acceptors (Lipinski definition) is 4. The Bertz CT molecular complexity index is 764. The van der Waals surface area contributed by atoms with Crippen molar-refractivity contribution in [2.75, 3.05) is 43.1 Å². The number of nitrogens with zero attached hydrogens (tertiary/aromatic N) is 2. The minimum atomic E-state index is -0.125. The van der Waals surface area contributed by atoms with Crippen LogP contribution in [0.5, 0.6) is 5.75 Å². The van der Waals surface area contributed by atoms with Crippen molar-refractivity contribution in [1.82, 2.24) is 5.32 Å². The third-order valence-electron chi connectivity index (χ3n) is 4.34. The van der Waals surface area contributed by atoms with Crippen LogP contribution in [0, 0.1) is 0 Å². The lowest BCUT2D eigenvalue weighted by Gasteiger charge is -2.29. The van der Waals surface area contributed by atoms with Gasteiger partial charge < -0.3 is 19.9 Å². The molecular formula is C20H23N3O3. The Kier molecular flexibility index (Phi) is 5.73. The van der Waals surface area contributed by atoms with E-state index >= 15 is 0 Å². The summed E-state index contributed by atoms with van der Waals surface area (Å²) >= 11 is 0. The zero-order valence-electron chi connectivity index (χ0n) is 14.9. The summed E-state index contributed by atoms with van der Waals surface area (Å²) in [5.74, 6) is 0.487. The second-order valence-corrected chi connectivity index (χ2v) is 6.16. The van der Waals surface area contributed by atoms with Crippen LogP contribution in [0.25, 0.3) is 0 Å². The number of likely N-dealkylation sites (N-methyl/N-ethyl adjacent to an activating group) is 1. The Labute approximate surface area is 153 Å². The van der Waals surface area contributed by atoms with E-state index in [9.17, 15) is 9.59 Å². The zero-order chi connectivity index (χ0) is 18.4. The molecule has 1 heterocycles. The van der Waals surface area contributed by atoms with E-state index in [0.29, 0.717) is 18.8 Å². The quantitative estimate of drug-likeness (QED) is 0.828. The molecule has 2 amide bonds. The molecule has 6 nitrogen and oxygen atoms in total. The van der Waals surface area contributed by atoms with E-state index in [0.717, 1.165) is 17.9 Å². The van der Waals surface area contributed by atoms with Crippen molar-refractivity contribution < 1.29 is 14.3 Å². The van der Waals surface area contributed by atoms with Gasteiger partial charge in [0.05, 0.1) is 5.69 Å². The highest BCUT2D eigenvalue weighted by molar-refractivity contribution is 5.98.